The molecule has 1 aromatic rings. The van der Waals surface area contributed by atoms with Crippen LogP contribution in [-0.2, 0) is 4.79 Å². The van der Waals surface area contributed by atoms with Crippen LogP contribution < -0.4 is 4.90 Å². The van der Waals surface area contributed by atoms with Gasteiger partial charge < -0.3 is 0 Å². The van der Waals surface area contributed by atoms with Crippen LogP contribution in [0.25, 0.3) is 0 Å². The Hall–Kier alpha value is -1.89. The smallest absolute Gasteiger partial charge is 0.230 e. The SMILES string of the molecule is CN(C(=O)C1CC1)c1ccc(C#N)cn1. The second-order valence-electron chi connectivity index (χ2n) is 3.69. The number of nitrogens with zero attached hydrogens (tertiary/aromatic N) is 3. The van der Waals surface area contributed by atoms with Gasteiger partial charge in [-0.05, 0) is 25.0 Å². The van der Waals surface area contributed by atoms with Gasteiger partial charge in [0.15, 0.2) is 0 Å². The van der Waals surface area contributed by atoms with Gasteiger partial charge in [-0.3, -0.25) is 9.69 Å². The van der Waals surface area contributed by atoms with E-state index in [4.69, 9.17) is 5.26 Å². The van der Waals surface area contributed by atoms with Gasteiger partial charge in [0.2, 0.25) is 5.91 Å². The predicted molar refractivity (Wildman–Crippen MR) is 55.1 cm³/mol. The molecule has 1 aromatic heterocycles. The maximum atomic E-state index is 11.7. The van der Waals surface area contributed by atoms with E-state index in [1.54, 1.807) is 24.1 Å². The normalized spacial score (nSPS) is 14.4. The van der Waals surface area contributed by atoms with Crippen molar-refractivity contribution < 1.29 is 4.79 Å². The van der Waals surface area contributed by atoms with Gasteiger partial charge in [0.1, 0.15) is 11.9 Å². The molecule has 1 saturated carbocycles. The molecule has 4 heteroatoms. The summed E-state index contributed by atoms with van der Waals surface area (Å²) in [5, 5.41) is 8.60. The average Bonchev–Trinajstić information content (AvgIpc) is 3.11. The summed E-state index contributed by atoms with van der Waals surface area (Å²) in [5.41, 5.74) is 0.506. The van der Waals surface area contributed by atoms with Gasteiger partial charge in [-0.25, -0.2) is 4.98 Å². The number of carbonyl (C=O) groups is 1. The number of carbonyl (C=O) groups excluding carboxylic acids is 1. The summed E-state index contributed by atoms with van der Waals surface area (Å²) in [6, 6.07) is 5.35. The van der Waals surface area contributed by atoms with Crippen molar-refractivity contribution in [1.29, 1.82) is 5.26 Å². The monoisotopic (exact) mass is 201 g/mol. The molecule has 0 saturated heterocycles. The number of nitriles is 1. The molecule has 2 rings (SSSR count). The molecule has 0 aliphatic heterocycles. The Bertz CT molecular complexity index is 414. The van der Waals surface area contributed by atoms with Crippen molar-refractivity contribution in [2.75, 3.05) is 11.9 Å². The zero-order valence-electron chi connectivity index (χ0n) is 8.47. The van der Waals surface area contributed by atoms with Crippen molar-refractivity contribution in [2.45, 2.75) is 12.8 Å². The van der Waals surface area contributed by atoms with E-state index in [2.05, 4.69) is 4.98 Å². The molecule has 1 amide bonds. The second-order valence-corrected chi connectivity index (χ2v) is 3.69. The number of amides is 1. The summed E-state index contributed by atoms with van der Waals surface area (Å²) >= 11 is 0. The highest BCUT2D eigenvalue weighted by Gasteiger charge is 2.32. The van der Waals surface area contributed by atoms with Gasteiger partial charge in [0.25, 0.3) is 0 Å². The van der Waals surface area contributed by atoms with Crippen LogP contribution in [0.1, 0.15) is 18.4 Å². The number of pyridine rings is 1. The third-order valence-electron chi connectivity index (χ3n) is 2.48. The molecule has 0 unspecified atom stereocenters. The topological polar surface area (TPSA) is 57.0 Å². The standard InChI is InChI=1S/C11H11N3O/c1-14(11(15)9-3-4-9)10-5-2-8(6-12)7-13-10/h2,5,7,9H,3-4H2,1H3. The summed E-state index contributed by atoms with van der Waals surface area (Å²) in [6.45, 7) is 0. The van der Waals surface area contributed by atoms with E-state index in [-0.39, 0.29) is 11.8 Å². The first-order valence-electron chi connectivity index (χ1n) is 4.86. The number of hydrogen-bond donors (Lipinski definition) is 0. The quantitative estimate of drug-likeness (QED) is 0.725. The Balaban J connectivity index is 2.14. The van der Waals surface area contributed by atoms with E-state index in [0.717, 1.165) is 12.8 Å². The molecule has 1 aliphatic rings. The van der Waals surface area contributed by atoms with Crippen LogP contribution >= 0.6 is 0 Å². The first-order valence-corrected chi connectivity index (χ1v) is 4.86. The van der Waals surface area contributed by atoms with E-state index in [9.17, 15) is 4.79 Å². The lowest BCUT2D eigenvalue weighted by Crippen LogP contribution is -2.28. The van der Waals surface area contributed by atoms with Crippen molar-refractivity contribution in [3.8, 4) is 6.07 Å². The van der Waals surface area contributed by atoms with Crippen molar-refractivity contribution in [2.24, 2.45) is 5.92 Å². The Kier molecular flexibility index (Phi) is 2.38. The Labute approximate surface area is 88.1 Å². The van der Waals surface area contributed by atoms with Crippen LogP contribution in [0.4, 0.5) is 5.82 Å². The molecular weight excluding hydrogens is 190 g/mol. The molecule has 76 valence electrons. The fourth-order valence-electron chi connectivity index (χ4n) is 1.37. The molecule has 0 aromatic carbocycles. The van der Waals surface area contributed by atoms with E-state index in [1.807, 2.05) is 6.07 Å². The molecule has 0 radical (unpaired) electrons. The lowest BCUT2D eigenvalue weighted by molar-refractivity contribution is -0.119. The van der Waals surface area contributed by atoms with Crippen molar-refractivity contribution in [3.63, 3.8) is 0 Å². The third-order valence-corrected chi connectivity index (χ3v) is 2.48. The van der Waals surface area contributed by atoms with Gasteiger partial charge in [-0.1, -0.05) is 0 Å². The molecule has 1 aliphatic carbocycles. The van der Waals surface area contributed by atoms with Crippen LogP contribution in [-0.4, -0.2) is 17.9 Å². The van der Waals surface area contributed by atoms with Gasteiger partial charge in [-0.2, -0.15) is 5.26 Å². The molecule has 4 nitrogen and oxygen atoms in total. The number of aromatic nitrogens is 1. The Morgan fingerprint density at radius 1 is 1.60 bits per heavy atom. The summed E-state index contributed by atoms with van der Waals surface area (Å²) in [6.07, 6.45) is 3.45. The summed E-state index contributed by atoms with van der Waals surface area (Å²) < 4.78 is 0. The molecule has 1 heterocycles. The van der Waals surface area contributed by atoms with Gasteiger partial charge in [0.05, 0.1) is 5.56 Å². The maximum Gasteiger partial charge on any atom is 0.230 e. The fourth-order valence-corrected chi connectivity index (χ4v) is 1.37. The number of hydrogen-bond acceptors (Lipinski definition) is 3. The van der Waals surface area contributed by atoms with E-state index in [0.29, 0.717) is 11.4 Å². The Morgan fingerprint density at radius 3 is 2.80 bits per heavy atom. The third kappa shape index (κ3) is 1.96. The molecule has 0 N–H and O–H groups in total. The van der Waals surface area contributed by atoms with E-state index in [1.165, 1.54) is 6.20 Å². The summed E-state index contributed by atoms with van der Waals surface area (Å²) in [4.78, 5) is 17.3. The number of rotatable bonds is 2. The molecule has 0 atom stereocenters. The van der Waals surface area contributed by atoms with Crippen LogP contribution in [0.2, 0.25) is 0 Å². The van der Waals surface area contributed by atoms with Crippen molar-refractivity contribution >= 4 is 11.7 Å². The van der Waals surface area contributed by atoms with Gasteiger partial charge >= 0.3 is 0 Å². The van der Waals surface area contributed by atoms with Gasteiger partial charge in [-0.15, -0.1) is 0 Å². The van der Waals surface area contributed by atoms with E-state index >= 15 is 0 Å². The van der Waals surface area contributed by atoms with Crippen LogP contribution in [0.15, 0.2) is 18.3 Å². The highest BCUT2D eigenvalue weighted by molar-refractivity contribution is 5.95. The summed E-state index contributed by atoms with van der Waals surface area (Å²) in [7, 11) is 1.72. The Morgan fingerprint density at radius 2 is 2.33 bits per heavy atom. The maximum absolute atomic E-state index is 11.7. The minimum Gasteiger partial charge on any atom is -0.300 e. The predicted octanol–water partition coefficient (Wildman–Crippen LogP) is 1.33. The largest absolute Gasteiger partial charge is 0.300 e. The minimum absolute atomic E-state index is 0.118. The first-order chi connectivity index (χ1) is 7.22. The zero-order valence-corrected chi connectivity index (χ0v) is 8.47. The highest BCUT2D eigenvalue weighted by Crippen LogP contribution is 2.31. The van der Waals surface area contributed by atoms with E-state index < -0.39 is 0 Å². The lowest BCUT2D eigenvalue weighted by Gasteiger charge is -2.15. The molecule has 0 spiro atoms. The molecule has 0 bridgehead atoms. The van der Waals surface area contributed by atoms with Crippen LogP contribution in [0.5, 0.6) is 0 Å². The van der Waals surface area contributed by atoms with Crippen LogP contribution in [0, 0.1) is 17.2 Å². The second kappa shape index (κ2) is 3.70. The average molecular weight is 201 g/mol. The lowest BCUT2D eigenvalue weighted by atomic mass is 10.3. The zero-order chi connectivity index (χ0) is 10.8. The van der Waals surface area contributed by atoms with Gasteiger partial charge in [0, 0.05) is 19.2 Å². The highest BCUT2D eigenvalue weighted by atomic mass is 16.2. The number of anilines is 1. The van der Waals surface area contributed by atoms with Crippen molar-refractivity contribution in [3.05, 3.63) is 23.9 Å². The summed E-state index contributed by atoms with van der Waals surface area (Å²) in [5.74, 6) is 0.908. The molecule has 1 fully saturated rings. The van der Waals surface area contributed by atoms with Crippen LogP contribution in [0.3, 0.4) is 0 Å². The van der Waals surface area contributed by atoms with Crippen molar-refractivity contribution in [1.82, 2.24) is 4.98 Å². The minimum atomic E-state index is 0.118. The fraction of sp³-hybridized carbons (Fsp3) is 0.364. The first kappa shape index (κ1) is 9.66. The molecular formula is C11H11N3O. The molecule has 15 heavy (non-hydrogen) atoms.